The van der Waals surface area contributed by atoms with Gasteiger partial charge in [0, 0.05) is 12.6 Å². The Hall–Kier alpha value is -6.25. The Morgan fingerprint density at radius 1 is 0.429 bits per heavy atom. The first-order chi connectivity index (χ1) is 24.1. The van der Waals surface area contributed by atoms with Crippen LogP contribution in [-0.4, -0.2) is 9.55 Å². The maximum Gasteiger partial charge on any atom is 0.140 e. The Labute approximate surface area is 284 Å². The zero-order valence-corrected chi connectivity index (χ0v) is 27.4. The molecule has 0 fully saturated rings. The van der Waals surface area contributed by atoms with Crippen LogP contribution in [0.3, 0.4) is 0 Å². The predicted molar refractivity (Wildman–Crippen MR) is 209 cm³/mol. The van der Waals surface area contributed by atoms with Gasteiger partial charge in [-0.2, -0.15) is 0 Å². The molecule has 10 aromatic rings. The van der Waals surface area contributed by atoms with Crippen LogP contribution in [-0.2, 0) is 7.05 Å². The van der Waals surface area contributed by atoms with Crippen LogP contribution < -0.4 is 0 Å². The van der Waals surface area contributed by atoms with E-state index in [2.05, 4.69) is 170 Å². The van der Waals surface area contributed by atoms with Crippen LogP contribution in [0, 0.1) is 6.92 Å². The summed E-state index contributed by atoms with van der Waals surface area (Å²) in [5.74, 6) is 0.986. The second-order valence-electron chi connectivity index (χ2n) is 13.3. The number of imidazole rings is 1. The lowest BCUT2D eigenvalue weighted by molar-refractivity contribution is 0.960. The van der Waals surface area contributed by atoms with Gasteiger partial charge in [-0.3, -0.25) is 0 Å². The van der Waals surface area contributed by atoms with Crippen molar-refractivity contribution in [3.8, 4) is 33.6 Å². The lowest BCUT2D eigenvalue weighted by Gasteiger charge is -2.16. The van der Waals surface area contributed by atoms with Gasteiger partial charge in [-0.15, -0.1) is 0 Å². The van der Waals surface area contributed by atoms with Gasteiger partial charge in [0.15, 0.2) is 0 Å². The van der Waals surface area contributed by atoms with Crippen molar-refractivity contribution in [2.24, 2.45) is 7.05 Å². The molecule has 0 saturated heterocycles. The number of aryl methyl sites for hydroxylation is 2. The molecule has 0 unspecified atom stereocenters. The van der Waals surface area contributed by atoms with E-state index in [9.17, 15) is 0 Å². The van der Waals surface area contributed by atoms with Crippen LogP contribution >= 0.6 is 0 Å². The summed E-state index contributed by atoms with van der Waals surface area (Å²) in [6, 6.07) is 57.9. The zero-order valence-electron chi connectivity index (χ0n) is 27.4. The van der Waals surface area contributed by atoms with Crippen LogP contribution in [0.4, 0.5) is 0 Å². The molecule has 0 saturated carbocycles. The second-order valence-corrected chi connectivity index (χ2v) is 13.3. The Bertz CT molecular complexity index is 2960. The van der Waals surface area contributed by atoms with Crippen molar-refractivity contribution >= 4 is 64.9 Å². The largest absolute Gasteiger partial charge is 0.327 e. The van der Waals surface area contributed by atoms with Gasteiger partial charge in [-0.05, 0) is 119 Å². The lowest BCUT2D eigenvalue weighted by atomic mass is 9.88. The minimum Gasteiger partial charge on any atom is -0.327 e. The lowest BCUT2D eigenvalue weighted by Crippen LogP contribution is -1.92. The highest BCUT2D eigenvalue weighted by Crippen LogP contribution is 2.41. The topological polar surface area (TPSA) is 17.8 Å². The monoisotopic (exact) mass is 624 g/mol. The van der Waals surface area contributed by atoms with Crippen molar-refractivity contribution < 1.29 is 0 Å². The van der Waals surface area contributed by atoms with Crippen molar-refractivity contribution in [1.29, 1.82) is 0 Å². The van der Waals surface area contributed by atoms with Crippen molar-refractivity contribution in [3.63, 3.8) is 0 Å². The van der Waals surface area contributed by atoms with Crippen molar-refractivity contribution in [1.82, 2.24) is 9.55 Å². The summed E-state index contributed by atoms with van der Waals surface area (Å²) in [6.45, 7) is 2.23. The molecule has 0 aliphatic rings. The van der Waals surface area contributed by atoms with Gasteiger partial charge in [-0.25, -0.2) is 4.98 Å². The minimum atomic E-state index is 0.986. The Morgan fingerprint density at radius 2 is 0.980 bits per heavy atom. The quantitative estimate of drug-likeness (QED) is 0.179. The molecule has 1 aromatic heterocycles. The molecule has 0 aliphatic heterocycles. The third kappa shape index (κ3) is 4.31. The van der Waals surface area contributed by atoms with Gasteiger partial charge in [0.25, 0.3) is 0 Å². The molecule has 0 N–H and O–H groups in total. The fraction of sp³-hybridized carbons (Fsp3) is 0.0426. The number of hydrogen-bond donors (Lipinski definition) is 0. The highest BCUT2D eigenvalue weighted by atomic mass is 15.1. The molecular formula is C47H32N2. The minimum absolute atomic E-state index is 0.986. The standard InChI is InChI=1S/C47H32N2/c1-29-8-5-9-30-16-17-32-11-7-13-41(46(32)44(29)30)40-12-6-10-31-18-22-37-27-36(24-25-39(37)45(31)40)33-19-20-35-28-38(23-21-34(35)26-33)47-48-42-14-3-4-15-43(42)49(47)2/h3-28H,1-2H3. The highest BCUT2D eigenvalue weighted by molar-refractivity contribution is 6.21. The SMILES string of the molecule is Cc1cccc2ccc3cccc(-c4cccc5ccc6cc(-c7ccc8cc(-c9nc%10ccccc%10n9C)ccc8c7)ccc6c45)c3c12. The van der Waals surface area contributed by atoms with Crippen LogP contribution in [0.2, 0.25) is 0 Å². The summed E-state index contributed by atoms with van der Waals surface area (Å²) >= 11 is 0. The van der Waals surface area contributed by atoms with Crippen LogP contribution in [0.1, 0.15) is 5.56 Å². The number of fused-ring (bicyclic) bond motifs is 8. The average molecular weight is 625 g/mol. The van der Waals surface area contributed by atoms with E-state index in [1.807, 2.05) is 6.07 Å². The molecule has 49 heavy (non-hydrogen) atoms. The normalized spacial score (nSPS) is 11.9. The Balaban J connectivity index is 1.10. The first kappa shape index (κ1) is 27.8. The van der Waals surface area contributed by atoms with E-state index in [-0.39, 0.29) is 0 Å². The predicted octanol–water partition coefficient (Wildman–Crippen LogP) is 12.6. The molecule has 0 amide bonds. The average Bonchev–Trinajstić information content (AvgIpc) is 3.49. The van der Waals surface area contributed by atoms with Crippen molar-refractivity contribution in [2.75, 3.05) is 0 Å². The van der Waals surface area contributed by atoms with Crippen molar-refractivity contribution in [2.45, 2.75) is 6.92 Å². The number of rotatable bonds is 3. The van der Waals surface area contributed by atoms with E-state index < -0.39 is 0 Å². The summed E-state index contributed by atoms with van der Waals surface area (Å²) in [7, 11) is 2.09. The highest BCUT2D eigenvalue weighted by Gasteiger charge is 2.15. The number of hydrogen-bond acceptors (Lipinski definition) is 1. The van der Waals surface area contributed by atoms with Gasteiger partial charge in [0.2, 0.25) is 0 Å². The first-order valence-electron chi connectivity index (χ1n) is 16.9. The molecule has 0 spiro atoms. The van der Waals surface area contributed by atoms with Gasteiger partial charge < -0.3 is 4.57 Å². The molecule has 9 aromatic carbocycles. The number of nitrogens with zero attached hydrogens (tertiary/aromatic N) is 2. The summed E-state index contributed by atoms with van der Waals surface area (Å²) in [5.41, 5.74) is 9.60. The summed E-state index contributed by atoms with van der Waals surface area (Å²) in [5, 5.41) is 12.7. The molecule has 0 radical (unpaired) electrons. The summed E-state index contributed by atoms with van der Waals surface area (Å²) < 4.78 is 2.18. The Kier molecular flexibility index (Phi) is 6.04. The fourth-order valence-corrected chi connectivity index (χ4v) is 8.05. The van der Waals surface area contributed by atoms with Gasteiger partial charge >= 0.3 is 0 Å². The maximum atomic E-state index is 4.93. The third-order valence-electron chi connectivity index (χ3n) is 10.5. The van der Waals surface area contributed by atoms with E-state index in [0.717, 1.165) is 22.4 Å². The molecule has 2 heteroatoms. The van der Waals surface area contributed by atoms with Crippen LogP contribution in [0.15, 0.2) is 158 Å². The fourth-order valence-electron chi connectivity index (χ4n) is 8.05. The molecule has 0 atom stereocenters. The molecule has 2 nitrogen and oxygen atoms in total. The molecule has 230 valence electrons. The van der Waals surface area contributed by atoms with Crippen molar-refractivity contribution in [3.05, 3.63) is 163 Å². The number of benzene rings is 9. The molecule has 0 aliphatic carbocycles. The first-order valence-corrected chi connectivity index (χ1v) is 16.9. The number of aromatic nitrogens is 2. The molecule has 1 heterocycles. The van der Waals surface area contributed by atoms with E-state index in [4.69, 9.17) is 4.98 Å². The van der Waals surface area contributed by atoms with Gasteiger partial charge in [0.1, 0.15) is 5.82 Å². The van der Waals surface area contributed by atoms with Gasteiger partial charge in [0.05, 0.1) is 11.0 Å². The van der Waals surface area contributed by atoms with E-state index >= 15 is 0 Å². The zero-order chi connectivity index (χ0) is 32.6. The Morgan fingerprint density at radius 3 is 1.73 bits per heavy atom. The van der Waals surface area contributed by atoms with Crippen LogP contribution in [0.5, 0.6) is 0 Å². The number of para-hydroxylation sites is 2. The summed E-state index contributed by atoms with van der Waals surface area (Å²) in [6.07, 6.45) is 0. The smallest absolute Gasteiger partial charge is 0.140 e. The molecule has 0 bridgehead atoms. The van der Waals surface area contributed by atoms with E-state index in [1.165, 1.54) is 81.7 Å². The van der Waals surface area contributed by atoms with E-state index in [0.29, 0.717) is 0 Å². The second kappa shape index (κ2) is 10.6. The molecule has 10 rings (SSSR count). The maximum absolute atomic E-state index is 4.93. The van der Waals surface area contributed by atoms with Crippen LogP contribution in [0.25, 0.3) is 98.5 Å². The summed E-state index contributed by atoms with van der Waals surface area (Å²) in [4.78, 5) is 4.93. The van der Waals surface area contributed by atoms with E-state index in [1.54, 1.807) is 0 Å². The molecular weight excluding hydrogens is 593 g/mol. The van der Waals surface area contributed by atoms with Gasteiger partial charge in [-0.1, -0.05) is 127 Å². The third-order valence-corrected chi connectivity index (χ3v) is 10.5.